The van der Waals surface area contributed by atoms with Gasteiger partial charge >= 0.3 is 0 Å². The Hall–Kier alpha value is -1.79. The van der Waals surface area contributed by atoms with Gasteiger partial charge in [0.1, 0.15) is 5.82 Å². The zero-order valence-corrected chi connectivity index (χ0v) is 15.3. The number of ether oxygens (including phenoxy) is 1. The minimum Gasteiger partial charge on any atom is -0.373 e. The number of thiophene rings is 1. The second-order valence-electron chi connectivity index (χ2n) is 6.74. The summed E-state index contributed by atoms with van der Waals surface area (Å²) in [6.45, 7) is 3.24. The van der Waals surface area contributed by atoms with Gasteiger partial charge < -0.3 is 10.1 Å². The van der Waals surface area contributed by atoms with Gasteiger partial charge in [-0.2, -0.15) is 0 Å². The molecule has 0 spiro atoms. The molecule has 0 aromatic carbocycles. The lowest BCUT2D eigenvalue weighted by Crippen LogP contribution is -2.24. The molecule has 1 fully saturated rings. The van der Waals surface area contributed by atoms with E-state index < -0.39 is 0 Å². The molecule has 1 N–H and O–H groups in total. The molecule has 4 rings (SSSR count). The second kappa shape index (κ2) is 7.22. The van der Waals surface area contributed by atoms with Gasteiger partial charge in [-0.25, -0.2) is 9.97 Å². The molecule has 2 aliphatic rings. The number of nitrogens with one attached hydrogen (secondary N) is 1. The van der Waals surface area contributed by atoms with Gasteiger partial charge in [0.25, 0.3) is 5.91 Å². The average Bonchev–Trinajstić information content (AvgIpc) is 3.31. The summed E-state index contributed by atoms with van der Waals surface area (Å²) in [4.78, 5) is 23.5. The van der Waals surface area contributed by atoms with Crippen LogP contribution in [0, 0.1) is 6.92 Å². The SMILES string of the molecule is Cc1nc(CNC(=O)c2ccc([C@H]3CCCO3)s2)nc2c1CCCC2. The van der Waals surface area contributed by atoms with Crippen molar-refractivity contribution >= 4 is 17.2 Å². The first kappa shape index (κ1) is 16.7. The van der Waals surface area contributed by atoms with Crippen molar-refractivity contribution in [3.05, 3.63) is 44.7 Å². The minimum atomic E-state index is -0.0618. The smallest absolute Gasteiger partial charge is 0.261 e. The van der Waals surface area contributed by atoms with Crippen molar-refractivity contribution in [3.8, 4) is 0 Å². The van der Waals surface area contributed by atoms with Gasteiger partial charge in [-0.15, -0.1) is 11.3 Å². The lowest BCUT2D eigenvalue weighted by molar-refractivity contribution is 0.0954. The van der Waals surface area contributed by atoms with Gasteiger partial charge in [-0.05, 0) is 63.1 Å². The molecule has 2 aromatic heterocycles. The molecule has 5 nitrogen and oxygen atoms in total. The van der Waals surface area contributed by atoms with E-state index in [1.807, 2.05) is 19.1 Å². The van der Waals surface area contributed by atoms with Crippen LogP contribution in [0.3, 0.4) is 0 Å². The number of amides is 1. The van der Waals surface area contributed by atoms with E-state index >= 15 is 0 Å². The summed E-state index contributed by atoms with van der Waals surface area (Å²) in [6.07, 6.45) is 6.82. The zero-order valence-electron chi connectivity index (χ0n) is 14.5. The van der Waals surface area contributed by atoms with E-state index in [9.17, 15) is 4.79 Å². The van der Waals surface area contributed by atoms with Crippen LogP contribution in [-0.2, 0) is 24.1 Å². The quantitative estimate of drug-likeness (QED) is 0.909. The first-order valence-electron chi connectivity index (χ1n) is 9.05. The van der Waals surface area contributed by atoms with E-state index in [1.165, 1.54) is 35.4 Å². The van der Waals surface area contributed by atoms with Crippen LogP contribution in [-0.4, -0.2) is 22.5 Å². The van der Waals surface area contributed by atoms with E-state index in [2.05, 4.69) is 15.3 Å². The van der Waals surface area contributed by atoms with Crippen LogP contribution in [0.25, 0.3) is 0 Å². The molecule has 1 aliphatic carbocycles. The monoisotopic (exact) mass is 357 g/mol. The van der Waals surface area contributed by atoms with Gasteiger partial charge in [0.05, 0.1) is 17.5 Å². The highest BCUT2D eigenvalue weighted by atomic mass is 32.1. The van der Waals surface area contributed by atoms with Crippen LogP contribution in [0.15, 0.2) is 12.1 Å². The summed E-state index contributed by atoms with van der Waals surface area (Å²) in [5.74, 6) is 0.649. The highest BCUT2D eigenvalue weighted by Crippen LogP contribution is 2.33. The Morgan fingerprint density at radius 1 is 1.28 bits per heavy atom. The van der Waals surface area contributed by atoms with Crippen LogP contribution in [0.5, 0.6) is 0 Å². The van der Waals surface area contributed by atoms with Crippen LogP contribution in [0.1, 0.15) is 69.1 Å². The number of aromatic nitrogens is 2. The Kier molecular flexibility index (Phi) is 4.81. The fraction of sp³-hybridized carbons (Fsp3) is 0.526. The topological polar surface area (TPSA) is 64.1 Å². The molecule has 132 valence electrons. The number of aryl methyl sites for hydroxylation is 2. The molecule has 1 aliphatic heterocycles. The molecule has 2 aromatic rings. The molecule has 3 heterocycles. The molecular formula is C19H23N3O2S. The van der Waals surface area contributed by atoms with E-state index in [4.69, 9.17) is 4.74 Å². The van der Waals surface area contributed by atoms with Crippen LogP contribution >= 0.6 is 11.3 Å². The van der Waals surface area contributed by atoms with E-state index in [1.54, 1.807) is 0 Å². The summed E-state index contributed by atoms with van der Waals surface area (Å²) in [6, 6.07) is 3.89. The Labute approximate surface area is 151 Å². The summed E-state index contributed by atoms with van der Waals surface area (Å²) in [7, 11) is 0. The van der Waals surface area contributed by atoms with Crippen molar-refractivity contribution < 1.29 is 9.53 Å². The van der Waals surface area contributed by atoms with E-state index in [-0.39, 0.29) is 12.0 Å². The normalized spacial score (nSPS) is 19.6. The summed E-state index contributed by atoms with van der Waals surface area (Å²) < 4.78 is 5.69. The van der Waals surface area contributed by atoms with Gasteiger partial charge in [0.15, 0.2) is 0 Å². The number of hydrogen-bond donors (Lipinski definition) is 1. The van der Waals surface area contributed by atoms with Gasteiger partial charge in [-0.3, -0.25) is 4.79 Å². The predicted molar refractivity (Wildman–Crippen MR) is 96.8 cm³/mol. The standard InChI is InChI=1S/C19H23N3O2S/c1-12-13-5-2-3-6-14(13)22-18(21-12)11-20-19(23)17-9-8-16(25-17)15-7-4-10-24-15/h8-9,15H,2-7,10-11H2,1H3,(H,20,23)/t15-/m1/s1. The number of carbonyl (C=O) groups is 1. The molecule has 0 saturated carbocycles. The fourth-order valence-corrected chi connectivity index (χ4v) is 4.63. The number of hydrogen-bond acceptors (Lipinski definition) is 5. The molecule has 25 heavy (non-hydrogen) atoms. The average molecular weight is 357 g/mol. The Balaban J connectivity index is 1.41. The summed E-state index contributed by atoms with van der Waals surface area (Å²) >= 11 is 1.52. The maximum absolute atomic E-state index is 12.4. The molecule has 0 radical (unpaired) electrons. The number of rotatable bonds is 4. The van der Waals surface area contributed by atoms with Crippen molar-refractivity contribution in [1.82, 2.24) is 15.3 Å². The van der Waals surface area contributed by atoms with Crippen molar-refractivity contribution in [2.24, 2.45) is 0 Å². The van der Waals surface area contributed by atoms with Crippen LogP contribution in [0.2, 0.25) is 0 Å². The maximum Gasteiger partial charge on any atom is 0.261 e. The predicted octanol–water partition coefficient (Wildman–Crippen LogP) is 3.51. The third kappa shape index (κ3) is 3.60. The van der Waals surface area contributed by atoms with Gasteiger partial charge in [-0.1, -0.05) is 0 Å². The highest BCUT2D eigenvalue weighted by Gasteiger charge is 2.21. The Bertz CT molecular complexity index is 781. The Morgan fingerprint density at radius 3 is 3.00 bits per heavy atom. The molecule has 6 heteroatoms. The van der Waals surface area contributed by atoms with Crippen molar-refractivity contribution in [1.29, 1.82) is 0 Å². The van der Waals surface area contributed by atoms with E-state index in [0.717, 1.165) is 47.7 Å². The van der Waals surface area contributed by atoms with Crippen molar-refractivity contribution in [2.75, 3.05) is 6.61 Å². The van der Waals surface area contributed by atoms with E-state index in [0.29, 0.717) is 12.4 Å². The molecule has 1 atom stereocenters. The third-order valence-electron chi connectivity index (χ3n) is 4.94. The zero-order chi connectivity index (χ0) is 17.2. The summed E-state index contributed by atoms with van der Waals surface area (Å²) in [5, 5.41) is 2.96. The Morgan fingerprint density at radius 2 is 2.16 bits per heavy atom. The molecule has 0 bridgehead atoms. The van der Waals surface area contributed by atoms with Crippen LogP contribution < -0.4 is 5.32 Å². The maximum atomic E-state index is 12.4. The second-order valence-corrected chi connectivity index (χ2v) is 7.86. The first-order chi connectivity index (χ1) is 12.2. The molecule has 0 unspecified atom stereocenters. The lowest BCUT2D eigenvalue weighted by Gasteiger charge is -2.17. The number of fused-ring (bicyclic) bond motifs is 1. The van der Waals surface area contributed by atoms with Gasteiger partial charge in [0, 0.05) is 22.9 Å². The van der Waals surface area contributed by atoms with Crippen molar-refractivity contribution in [2.45, 2.75) is 58.1 Å². The lowest BCUT2D eigenvalue weighted by atomic mass is 9.95. The molecular weight excluding hydrogens is 334 g/mol. The number of carbonyl (C=O) groups excluding carboxylic acids is 1. The fourth-order valence-electron chi connectivity index (χ4n) is 3.62. The third-order valence-corrected chi connectivity index (χ3v) is 6.12. The van der Waals surface area contributed by atoms with Gasteiger partial charge in [0.2, 0.25) is 0 Å². The first-order valence-corrected chi connectivity index (χ1v) is 9.87. The molecule has 1 saturated heterocycles. The number of nitrogens with zero attached hydrogens (tertiary/aromatic N) is 2. The van der Waals surface area contributed by atoms with Crippen LogP contribution in [0.4, 0.5) is 0 Å². The highest BCUT2D eigenvalue weighted by molar-refractivity contribution is 7.14. The van der Waals surface area contributed by atoms with Crippen molar-refractivity contribution in [3.63, 3.8) is 0 Å². The largest absolute Gasteiger partial charge is 0.373 e. The minimum absolute atomic E-state index is 0.0618. The molecule has 1 amide bonds. The summed E-state index contributed by atoms with van der Waals surface area (Å²) in [5.41, 5.74) is 3.53.